The Balaban J connectivity index is 2.47. The zero-order valence-corrected chi connectivity index (χ0v) is 59.6. The Bertz CT molecular complexity index is 2870. The quantitative estimate of drug-likeness (QED) is 0.181. The number of carbonyl (C=O) groups is 12. The first kappa shape index (κ1) is 79.3. The van der Waals surface area contributed by atoms with Crippen molar-refractivity contribution in [2.75, 3.05) is 55.1 Å². The van der Waals surface area contributed by atoms with E-state index >= 15 is 24.0 Å². The minimum atomic E-state index is -4.12. The molecule has 2 bridgehead atoms. The number of fused-ring (bicyclic) bond motifs is 4. The molecule has 14 atom stereocenters. The first-order chi connectivity index (χ1) is 42.3. The van der Waals surface area contributed by atoms with Gasteiger partial charge in [-0.05, 0) is 96.3 Å². The first-order valence-corrected chi connectivity index (χ1v) is 33.8. The lowest BCUT2D eigenvalue weighted by atomic mass is 9.83. The highest BCUT2D eigenvalue weighted by Crippen LogP contribution is 2.35. The molecule has 12 amide bonds. The molecule has 0 aromatic rings. The predicted octanol–water partition coefficient (Wildman–Crippen LogP) is 2.10. The Hall–Kier alpha value is -6.91. The van der Waals surface area contributed by atoms with Gasteiger partial charge >= 0.3 is 6.09 Å². The average molecular weight is 1320 g/mol. The van der Waals surface area contributed by atoms with E-state index in [0.717, 1.165) is 26.0 Å². The molecule has 3 saturated heterocycles. The van der Waals surface area contributed by atoms with Crippen LogP contribution in [0.25, 0.3) is 0 Å². The van der Waals surface area contributed by atoms with Crippen molar-refractivity contribution < 1.29 is 75.5 Å². The van der Waals surface area contributed by atoms with Gasteiger partial charge in [0.1, 0.15) is 73.1 Å². The maximum atomic E-state index is 15.5. The van der Waals surface area contributed by atoms with E-state index < -0.39 is 189 Å². The second kappa shape index (κ2) is 32.8. The SMILES string of the molecule is C/C=C/C[C@@H](C)[C@H]1ON2C(=O)[C@H](C(C)C)N(C)C(=O)[C@@H]3CC(C)N(C(=O)[C@H](C)NC(=O)[C@H](CC(C)C)N(C)C(=O)[C@H](C(C)C)NC(=O)[C@H](C(C)(C)COC(=O)NS(C)(=O)=O)N(C)C(=O)[C@@H](C)N(C)C(=O)[C@H](CC)NC(=O)[C@H]12)[C@H](C)C(=O)N(C)[C@@H](CC(C)C)C(=O)N3C. The van der Waals surface area contributed by atoms with Gasteiger partial charge in [-0.3, -0.25) is 57.6 Å². The van der Waals surface area contributed by atoms with Gasteiger partial charge < -0.3 is 55.0 Å². The summed E-state index contributed by atoms with van der Waals surface area (Å²) in [7, 11) is 4.06. The van der Waals surface area contributed by atoms with Gasteiger partial charge in [0.05, 0.1) is 6.26 Å². The maximum absolute atomic E-state index is 15.5. The molecule has 3 aliphatic rings. The molecule has 29 heteroatoms. The average Bonchev–Trinajstić information content (AvgIpc) is 0.766. The molecule has 3 heterocycles. The Morgan fingerprint density at radius 2 is 1.18 bits per heavy atom. The highest BCUT2D eigenvalue weighted by Gasteiger charge is 2.55. The van der Waals surface area contributed by atoms with Gasteiger partial charge in [0.25, 0.3) is 5.91 Å². The van der Waals surface area contributed by atoms with Crippen LogP contribution in [-0.4, -0.2) is 253 Å². The van der Waals surface area contributed by atoms with Gasteiger partial charge in [-0.1, -0.05) is 95.2 Å². The third-order valence-corrected chi connectivity index (χ3v) is 18.4. The fraction of sp³-hybridized carbons (Fsp3) is 0.778. The molecule has 0 aromatic carbocycles. The standard InChI is InChI=1S/C63H108N12O16S/c1-25-27-28-37(11)49-48-52(77)65-42(26-2)57(82)68(18)40(14)55(80)73(23)50(63(16,17)32-90-62(87)67-92(24,88)89)53(78)66-46(35(7)8)60(85)69(19)43(29-33(3)4)51(76)64-39(13)54(79)74-38(12)31-45(59(84)72(22)47(36(9)10)61(86)75(48)91-49)71(21)58(83)44(30-34(5)6)70(20)56(81)41(74)15/h25,27,33-50H,26,28-32H2,1-24H3,(H,64,76)(H,65,77)(H,66,78)(H,67,87)/b27-25+/t37-,38?,39+,40-,41-,42+,43+,44+,45+,46+,47+,48+,49-,50-/m1/s1. The van der Waals surface area contributed by atoms with E-state index in [0.29, 0.717) is 6.42 Å². The number of allylic oxidation sites excluding steroid dienone is 2. The molecule has 0 saturated carbocycles. The molecule has 0 spiro atoms. The van der Waals surface area contributed by atoms with Crippen LogP contribution in [0.1, 0.15) is 150 Å². The summed E-state index contributed by atoms with van der Waals surface area (Å²) in [5.74, 6) is -10.6. The molecule has 92 heavy (non-hydrogen) atoms. The zero-order valence-electron chi connectivity index (χ0n) is 58.8. The summed E-state index contributed by atoms with van der Waals surface area (Å²) < 4.78 is 31.0. The molecule has 522 valence electrons. The molecule has 3 aliphatic heterocycles. The number of nitrogens with zero attached hydrogens (tertiary/aromatic N) is 8. The summed E-state index contributed by atoms with van der Waals surface area (Å²) in [4.78, 5) is 192. The lowest BCUT2D eigenvalue weighted by molar-refractivity contribution is -0.321. The van der Waals surface area contributed by atoms with Crippen molar-refractivity contribution in [2.45, 2.75) is 228 Å². The maximum Gasteiger partial charge on any atom is 0.420 e. The van der Waals surface area contributed by atoms with E-state index in [1.807, 2.05) is 53.7 Å². The molecule has 0 aliphatic carbocycles. The van der Waals surface area contributed by atoms with Crippen LogP contribution < -0.4 is 20.7 Å². The van der Waals surface area contributed by atoms with Crippen molar-refractivity contribution in [2.24, 2.45) is 35.0 Å². The number of ether oxygens (including phenoxy) is 1. The van der Waals surface area contributed by atoms with E-state index in [1.165, 1.54) is 96.5 Å². The predicted molar refractivity (Wildman–Crippen MR) is 343 cm³/mol. The Kier molecular flexibility index (Phi) is 28.3. The highest BCUT2D eigenvalue weighted by atomic mass is 32.2. The van der Waals surface area contributed by atoms with E-state index in [4.69, 9.17) is 9.57 Å². The van der Waals surface area contributed by atoms with Crippen LogP contribution in [0.4, 0.5) is 4.79 Å². The van der Waals surface area contributed by atoms with Gasteiger partial charge in [0, 0.05) is 53.7 Å². The van der Waals surface area contributed by atoms with Crippen molar-refractivity contribution in [1.29, 1.82) is 0 Å². The zero-order chi connectivity index (χ0) is 70.8. The number of nitrogens with one attached hydrogen (secondary N) is 4. The van der Waals surface area contributed by atoms with Crippen LogP contribution in [0.3, 0.4) is 0 Å². The number of amides is 12. The van der Waals surface area contributed by atoms with Crippen LogP contribution >= 0.6 is 0 Å². The summed E-state index contributed by atoms with van der Waals surface area (Å²) in [6.07, 6.45) is 2.37. The van der Waals surface area contributed by atoms with Crippen molar-refractivity contribution in [3.8, 4) is 0 Å². The minimum absolute atomic E-state index is 0.0315. The molecule has 3 fully saturated rings. The summed E-state index contributed by atoms with van der Waals surface area (Å²) in [5.41, 5.74) is -1.61. The van der Waals surface area contributed by atoms with E-state index in [1.54, 1.807) is 46.3 Å². The van der Waals surface area contributed by atoms with Gasteiger partial charge in [0.2, 0.25) is 69.1 Å². The number of rotatable bonds is 14. The molecular formula is C63H108N12O16S. The normalized spacial score (nSPS) is 29.0. The summed E-state index contributed by atoms with van der Waals surface area (Å²) in [5, 5.41) is 9.23. The summed E-state index contributed by atoms with van der Waals surface area (Å²) >= 11 is 0. The van der Waals surface area contributed by atoms with Crippen LogP contribution in [0, 0.1) is 35.0 Å². The van der Waals surface area contributed by atoms with Crippen molar-refractivity contribution in [1.82, 2.24) is 60.0 Å². The molecule has 4 N–H and O–H groups in total. The Morgan fingerprint density at radius 1 is 0.641 bits per heavy atom. The minimum Gasteiger partial charge on any atom is -0.448 e. The topological polar surface area (TPSA) is 331 Å². The third-order valence-electron chi connectivity index (χ3n) is 17.9. The highest BCUT2D eigenvalue weighted by molar-refractivity contribution is 7.89. The Morgan fingerprint density at radius 3 is 1.70 bits per heavy atom. The van der Waals surface area contributed by atoms with Gasteiger partial charge in [0.15, 0.2) is 6.04 Å². The van der Waals surface area contributed by atoms with Gasteiger partial charge in [-0.15, -0.1) is 0 Å². The molecule has 0 radical (unpaired) electrons. The second-order valence-corrected chi connectivity index (χ2v) is 29.4. The number of likely N-dealkylation sites (N-methyl/N-ethyl adjacent to an activating group) is 6. The number of sulfonamides is 1. The van der Waals surface area contributed by atoms with Gasteiger partial charge in [-0.25, -0.2) is 23.0 Å². The second-order valence-electron chi connectivity index (χ2n) is 27.6. The molecule has 0 aromatic heterocycles. The fourth-order valence-electron chi connectivity index (χ4n) is 12.3. The molecule has 28 nitrogen and oxygen atoms in total. The van der Waals surface area contributed by atoms with E-state index in [-0.39, 0.29) is 37.5 Å². The van der Waals surface area contributed by atoms with E-state index in [9.17, 15) is 42.0 Å². The van der Waals surface area contributed by atoms with Crippen LogP contribution in [-0.2, 0) is 72.3 Å². The van der Waals surface area contributed by atoms with Gasteiger partial charge in [-0.2, -0.15) is 0 Å². The largest absolute Gasteiger partial charge is 0.448 e. The van der Waals surface area contributed by atoms with Crippen LogP contribution in [0.5, 0.6) is 0 Å². The van der Waals surface area contributed by atoms with Crippen molar-refractivity contribution >= 4 is 81.1 Å². The lowest BCUT2D eigenvalue weighted by Crippen LogP contribution is -2.72. The number of hydrogen-bond acceptors (Lipinski definition) is 16. The fourth-order valence-corrected chi connectivity index (χ4v) is 12.7. The smallest absolute Gasteiger partial charge is 0.420 e. The van der Waals surface area contributed by atoms with E-state index in [2.05, 4.69) is 16.0 Å². The monoisotopic (exact) mass is 1320 g/mol. The lowest BCUT2D eigenvalue weighted by Gasteiger charge is -2.50. The Labute approximate surface area is 545 Å². The number of carbonyl (C=O) groups excluding carboxylic acids is 12. The number of hydroxylamine groups is 2. The molecule has 1 unspecified atom stereocenters. The van der Waals surface area contributed by atoms with Crippen molar-refractivity contribution in [3.63, 3.8) is 0 Å². The molecular weight excluding hydrogens is 1210 g/mol. The number of hydrogen-bond donors (Lipinski definition) is 4. The summed E-state index contributed by atoms with van der Waals surface area (Å²) in [6, 6.07) is -16.1. The van der Waals surface area contributed by atoms with Crippen LogP contribution in [0.2, 0.25) is 0 Å². The third kappa shape index (κ3) is 18.9. The first-order valence-electron chi connectivity index (χ1n) is 31.9. The molecule has 3 rings (SSSR count). The van der Waals surface area contributed by atoms with Crippen molar-refractivity contribution in [3.05, 3.63) is 12.2 Å². The van der Waals surface area contributed by atoms with Crippen LogP contribution in [0.15, 0.2) is 12.2 Å². The summed E-state index contributed by atoms with van der Waals surface area (Å²) in [6.45, 7) is 27.3.